The number of benzene rings is 3. The number of carbonyl (C=O) groups excluding carboxylic acids is 2. The van der Waals surface area contributed by atoms with Crippen LogP contribution in [0.25, 0.3) is 17.4 Å². The molecule has 0 spiro atoms. The maximum absolute atomic E-state index is 13.5. The van der Waals surface area contributed by atoms with Crippen LogP contribution < -0.4 is 0 Å². The molecule has 0 unspecified atom stereocenters. The lowest BCUT2D eigenvalue weighted by atomic mass is 10.1. The first-order valence-corrected chi connectivity index (χ1v) is 13.0. The number of thioether (sulfide) groups is 1. The molecule has 8 heteroatoms. The number of furan rings is 1. The molecule has 5 rings (SSSR count). The molecule has 1 fully saturated rings. The third kappa shape index (κ3) is 5.74. The van der Waals surface area contributed by atoms with Crippen molar-refractivity contribution in [3.63, 3.8) is 0 Å². The number of ether oxygens (including phenoxy) is 1. The second-order valence-corrected chi connectivity index (χ2v) is 9.90. The fourth-order valence-electron chi connectivity index (χ4n) is 3.99. The summed E-state index contributed by atoms with van der Waals surface area (Å²) in [5, 5.41) is 1.09. The lowest BCUT2D eigenvalue weighted by Gasteiger charge is -2.15. The Morgan fingerprint density at radius 3 is 2.42 bits per heavy atom. The summed E-state index contributed by atoms with van der Waals surface area (Å²) in [6, 6.07) is 28.1. The van der Waals surface area contributed by atoms with Gasteiger partial charge < -0.3 is 9.15 Å². The van der Waals surface area contributed by atoms with Gasteiger partial charge in [-0.25, -0.2) is 4.79 Å². The van der Waals surface area contributed by atoms with Gasteiger partial charge in [0.1, 0.15) is 11.5 Å². The van der Waals surface area contributed by atoms with E-state index in [1.807, 2.05) is 60.7 Å². The van der Waals surface area contributed by atoms with E-state index in [9.17, 15) is 9.59 Å². The van der Waals surface area contributed by atoms with Gasteiger partial charge in [-0.15, -0.1) is 0 Å². The first-order chi connectivity index (χ1) is 18.5. The quantitative estimate of drug-likeness (QED) is 0.185. The van der Waals surface area contributed by atoms with E-state index in [2.05, 4.69) is 0 Å². The molecule has 1 saturated heterocycles. The van der Waals surface area contributed by atoms with E-state index < -0.39 is 5.97 Å². The SMILES string of the molecule is COC(=O)c1ccc(Cl)cc1-c1ccc(/C=C2/SC(=NCc3ccccc3)N(Cc3ccccc3)C2=O)o1. The Morgan fingerprint density at radius 2 is 1.71 bits per heavy atom. The molecular weight excluding hydrogens is 520 g/mol. The number of methoxy groups -OCH3 is 1. The molecular formula is C30H23ClN2O4S. The molecule has 1 amide bonds. The average Bonchev–Trinajstić information content (AvgIpc) is 3.53. The van der Waals surface area contributed by atoms with Gasteiger partial charge in [-0.05, 0) is 53.2 Å². The molecule has 0 saturated carbocycles. The lowest BCUT2D eigenvalue weighted by Crippen LogP contribution is -2.28. The molecule has 4 aromatic rings. The molecule has 0 atom stereocenters. The number of rotatable bonds is 7. The Balaban J connectivity index is 1.45. The zero-order valence-electron chi connectivity index (χ0n) is 20.5. The van der Waals surface area contributed by atoms with Gasteiger partial charge in [-0.3, -0.25) is 14.7 Å². The maximum atomic E-state index is 13.5. The van der Waals surface area contributed by atoms with E-state index in [1.165, 1.54) is 18.9 Å². The van der Waals surface area contributed by atoms with E-state index in [4.69, 9.17) is 25.7 Å². The Hall–Kier alpha value is -4.07. The minimum atomic E-state index is -0.495. The van der Waals surface area contributed by atoms with Crippen molar-refractivity contribution in [3.8, 4) is 11.3 Å². The van der Waals surface area contributed by atoms with Crippen LogP contribution in [-0.2, 0) is 22.6 Å². The lowest BCUT2D eigenvalue weighted by molar-refractivity contribution is -0.122. The van der Waals surface area contributed by atoms with E-state index in [-0.39, 0.29) is 5.91 Å². The Labute approximate surface area is 229 Å². The van der Waals surface area contributed by atoms with E-state index in [0.29, 0.717) is 50.8 Å². The Kier molecular flexibility index (Phi) is 7.77. The summed E-state index contributed by atoms with van der Waals surface area (Å²) in [7, 11) is 1.32. The number of hydrogen-bond acceptors (Lipinski definition) is 6. The number of amides is 1. The van der Waals surface area contributed by atoms with E-state index in [1.54, 1.807) is 41.3 Å². The molecule has 0 N–H and O–H groups in total. The fourth-order valence-corrected chi connectivity index (χ4v) is 5.11. The van der Waals surface area contributed by atoms with Crippen LogP contribution in [0, 0.1) is 0 Å². The summed E-state index contributed by atoms with van der Waals surface area (Å²) in [5.74, 6) is 0.261. The van der Waals surface area contributed by atoms with Gasteiger partial charge in [0.2, 0.25) is 0 Å². The van der Waals surface area contributed by atoms with Crippen LogP contribution >= 0.6 is 23.4 Å². The van der Waals surface area contributed by atoms with Gasteiger partial charge in [-0.1, -0.05) is 72.3 Å². The van der Waals surface area contributed by atoms with Crippen LogP contribution in [0.15, 0.2) is 105 Å². The summed E-state index contributed by atoms with van der Waals surface area (Å²) < 4.78 is 10.9. The van der Waals surface area contributed by atoms with Crippen LogP contribution in [0.3, 0.4) is 0 Å². The highest BCUT2D eigenvalue weighted by Gasteiger charge is 2.33. The van der Waals surface area contributed by atoms with Crippen molar-refractivity contribution >= 4 is 46.5 Å². The summed E-state index contributed by atoms with van der Waals surface area (Å²) >= 11 is 7.49. The molecule has 3 aromatic carbocycles. The highest BCUT2D eigenvalue weighted by atomic mass is 35.5. The topological polar surface area (TPSA) is 72.1 Å². The first kappa shape index (κ1) is 25.6. The van der Waals surface area contributed by atoms with Crippen LogP contribution in [0.5, 0.6) is 0 Å². The molecule has 0 bridgehead atoms. The number of nitrogens with zero attached hydrogens (tertiary/aromatic N) is 2. The summed E-state index contributed by atoms with van der Waals surface area (Å²) in [6.45, 7) is 0.872. The molecule has 0 aliphatic carbocycles. The number of carbonyl (C=O) groups is 2. The van der Waals surface area contributed by atoms with Crippen LogP contribution in [0.1, 0.15) is 27.2 Å². The van der Waals surface area contributed by atoms with Gasteiger partial charge in [-0.2, -0.15) is 0 Å². The molecule has 1 aromatic heterocycles. The minimum Gasteiger partial charge on any atom is -0.465 e. The smallest absolute Gasteiger partial charge is 0.338 e. The van der Waals surface area contributed by atoms with Crippen molar-refractivity contribution in [3.05, 3.63) is 123 Å². The van der Waals surface area contributed by atoms with Crippen LogP contribution in [-0.4, -0.2) is 29.1 Å². The van der Waals surface area contributed by atoms with Crippen LogP contribution in [0.2, 0.25) is 5.02 Å². The number of esters is 1. The number of amidine groups is 1. The standard InChI is InChI=1S/C30H23ClN2O4S/c1-36-29(35)24-14-12-22(31)16-25(24)26-15-13-23(37-26)17-27-28(34)33(19-21-10-6-3-7-11-21)30(38-27)32-18-20-8-4-2-5-9-20/h2-17H,18-19H2,1H3/b27-17+,32-30?. The molecule has 1 aliphatic heterocycles. The van der Waals surface area contributed by atoms with Crippen LogP contribution in [0.4, 0.5) is 0 Å². The zero-order valence-corrected chi connectivity index (χ0v) is 22.0. The number of aliphatic imine (C=N–C) groups is 1. The van der Waals surface area contributed by atoms with Crippen molar-refractivity contribution in [2.24, 2.45) is 4.99 Å². The minimum absolute atomic E-state index is 0.151. The van der Waals surface area contributed by atoms with Crippen molar-refractivity contribution in [1.82, 2.24) is 4.90 Å². The second kappa shape index (κ2) is 11.5. The first-order valence-electron chi connectivity index (χ1n) is 11.8. The van der Waals surface area contributed by atoms with Gasteiger partial charge in [0.25, 0.3) is 5.91 Å². The Bertz CT molecular complexity index is 1530. The number of halogens is 1. The number of hydrogen-bond donors (Lipinski definition) is 0. The monoisotopic (exact) mass is 542 g/mol. The fraction of sp³-hybridized carbons (Fsp3) is 0.100. The molecule has 2 heterocycles. The van der Waals surface area contributed by atoms with Gasteiger partial charge in [0.05, 0.1) is 30.7 Å². The predicted molar refractivity (Wildman–Crippen MR) is 151 cm³/mol. The average molecular weight is 543 g/mol. The van der Waals surface area contributed by atoms with E-state index >= 15 is 0 Å². The molecule has 1 aliphatic rings. The normalized spacial score (nSPS) is 15.4. The maximum Gasteiger partial charge on any atom is 0.338 e. The largest absolute Gasteiger partial charge is 0.465 e. The molecule has 38 heavy (non-hydrogen) atoms. The van der Waals surface area contributed by atoms with Crippen molar-refractivity contribution in [2.75, 3.05) is 7.11 Å². The molecule has 190 valence electrons. The van der Waals surface area contributed by atoms with Gasteiger partial charge in [0.15, 0.2) is 5.17 Å². The Morgan fingerprint density at radius 1 is 1.00 bits per heavy atom. The van der Waals surface area contributed by atoms with Gasteiger partial charge >= 0.3 is 5.97 Å². The van der Waals surface area contributed by atoms with Crippen molar-refractivity contribution in [1.29, 1.82) is 0 Å². The van der Waals surface area contributed by atoms with E-state index in [0.717, 1.165) is 11.1 Å². The predicted octanol–water partition coefficient (Wildman–Crippen LogP) is 7.06. The highest BCUT2D eigenvalue weighted by Crippen LogP contribution is 2.36. The zero-order chi connectivity index (χ0) is 26.5. The highest BCUT2D eigenvalue weighted by molar-refractivity contribution is 8.18. The summed E-state index contributed by atoms with van der Waals surface area (Å²) in [5.41, 5.74) is 2.91. The second-order valence-electron chi connectivity index (χ2n) is 8.46. The van der Waals surface area contributed by atoms with Crippen molar-refractivity contribution in [2.45, 2.75) is 13.1 Å². The van der Waals surface area contributed by atoms with Gasteiger partial charge in [0, 0.05) is 16.7 Å². The molecule has 0 radical (unpaired) electrons. The summed E-state index contributed by atoms with van der Waals surface area (Å²) in [6.07, 6.45) is 1.70. The molecule has 6 nitrogen and oxygen atoms in total. The third-order valence-corrected chi connectivity index (χ3v) is 7.14. The van der Waals surface area contributed by atoms with Crippen molar-refractivity contribution < 1.29 is 18.7 Å². The summed E-state index contributed by atoms with van der Waals surface area (Å²) in [4.78, 5) is 32.7. The third-order valence-electron chi connectivity index (χ3n) is 5.86.